The molecule has 2 rings (SSSR count). The van der Waals surface area contributed by atoms with Crippen molar-refractivity contribution in [1.82, 2.24) is 5.32 Å². The Bertz CT molecular complexity index is 510. The molecule has 1 heterocycles. The van der Waals surface area contributed by atoms with Gasteiger partial charge < -0.3 is 14.5 Å². The van der Waals surface area contributed by atoms with Gasteiger partial charge in [0.05, 0.1) is 12.8 Å². The lowest BCUT2D eigenvalue weighted by Gasteiger charge is -2.07. The van der Waals surface area contributed by atoms with Gasteiger partial charge in [-0.15, -0.1) is 0 Å². The third-order valence-electron chi connectivity index (χ3n) is 2.74. The summed E-state index contributed by atoms with van der Waals surface area (Å²) in [6.07, 6.45) is 2.84. The first-order valence-electron chi connectivity index (χ1n) is 6.44. The number of benzene rings is 1. The number of hydrogen-bond donors (Lipinski definition) is 1. The van der Waals surface area contributed by atoms with E-state index in [0.717, 1.165) is 36.6 Å². The fourth-order valence-corrected chi connectivity index (χ4v) is 2.26. The largest absolute Gasteiger partial charge is 0.489 e. The van der Waals surface area contributed by atoms with Crippen molar-refractivity contribution in [1.29, 1.82) is 0 Å². The minimum Gasteiger partial charge on any atom is -0.489 e. The molecule has 0 saturated heterocycles. The SMILES string of the molecule is CCCNCc1occc1COc1cccc(I)c1. The molecule has 4 heteroatoms. The van der Waals surface area contributed by atoms with Crippen molar-refractivity contribution in [2.45, 2.75) is 26.5 Å². The summed E-state index contributed by atoms with van der Waals surface area (Å²) in [5.41, 5.74) is 1.10. The van der Waals surface area contributed by atoms with E-state index in [2.05, 4.69) is 34.8 Å². The lowest BCUT2D eigenvalue weighted by Crippen LogP contribution is -2.14. The molecular formula is C15H18INO2. The maximum Gasteiger partial charge on any atom is 0.124 e. The van der Waals surface area contributed by atoms with Crippen LogP contribution in [0.25, 0.3) is 0 Å². The van der Waals surface area contributed by atoms with Gasteiger partial charge in [-0.05, 0) is 59.8 Å². The summed E-state index contributed by atoms with van der Waals surface area (Å²) in [5, 5.41) is 3.33. The average molecular weight is 371 g/mol. The summed E-state index contributed by atoms with van der Waals surface area (Å²) in [6, 6.07) is 10.0. The molecule has 0 radical (unpaired) electrons. The van der Waals surface area contributed by atoms with Crippen LogP contribution in [-0.2, 0) is 13.2 Å². The molecule has 102 valence electrons. The number of ether oxygens (including phenoxy) is 1. The Morgan fingerprint density at radius 3 is 3.00 bits per heavy atom. The highest BCUT2D eigenvalue weighted by atomic mass is 127. The van der Waals surface area contributed by atoms with Crippen molar-refractivity contribution in [3.63, 3.8) is 0 Å². The van der Waals surface area contributed by atoms with Gasteiger partial charge in [0.1, 0.15) is 18.1 Å². The zero-order chi connectivity index (χ0) is 13.5. The normalized spacial score (nSPS) is 10.6. The molecule has 0 saturated carbocycles. The van der Waals surface area contributed by atoms with Crippen molar-refractivity contribution >= 4 is 22.6 Å². The van der Waals surface area contributed by atoms with Crippen molar-refractivity contribution in [3.05, 3.63) is 51.5 Å². The van der Waals surface area contributed by atoms with Crippen molar-refractivity contribution in [3.8, 4) is 5.75 Å². The van der Waals surface area contributed by atoms with Crippen molar-refractivity contribution < 1.29 is 9.15 Å². The van der Waals surface area contributed by atoms with Crippen LogP contribution in [0.2, 0.25) is 0 Å². The minimum atomic E-state index is 0.541. The molecule has 0 spiro atoms. The predicted octanol–water partition coefficient (Wildman–Crippen LogP) is 3.96. The quantitative estimate of drug-likeness (QED) is 0.591. The number of rotatable bonds is 7. The number of furan rings is 1. The topological polar surface area (TPSA) is 34.4 Å². The van der Waals surface area contributed by atoms with Gasteiger partial charge in [0.15, 0.2) is 0 Å². The Labute approximate surface area is 127 Å². The van der Waals surface area contributed by atoms with Gasteiger partial charge in [0.25, 0.3) is 0 Å². The van der Waals surface area contributed by atoms with E-state index in [1.807, 2.05) is 30.3 Å². The maximum atomic E-state index is 5.79. The maximum absolute atomic E-state index is 5.79. The molecule has 0 aliphatic carbocycles. The van der Waals surface area contributed by atoms with E-state index in [1.54, 1.807) is 6.26 Å². The fraction of sp³-hybridized carbons (Fsp3) is 0.333. The van der Waals surface area contributed by atoms with Crippen molar-refractivity contribution in [2.24, 2.45) is 0 Å². The second-order valence-corrected chi connectivity index (χ2v) is 5.54. The standard InChI is InChI=1S/C15H18INO2/c1-2-7-17-10-15-12(6-8-18-15)11-19-14-5-3-4-13(16)9-14/h3-6,8-9,17H,2,7,10-11H2,1H3. The predicted molar refractivity (Wildman–Crippen MR) is 84.2 cm³/mol. The molecule has 1 aromatic carbocycles. The summed E-state index contributed by atoms with van der Waals surface area (Å²) in [6.45, 7) is 4.44. The van der Waals surface area contributed by atoms with Crippen LogP contribution in [0.3, 0.4) is 0 Å². The van der Waals surface area contributed by atoms with E-state index >= 15 is 0 Å². The third-order valence-corrected chi connectivity index (χ3v) is 3.41. The first-order chi connectivity index (χ1) is 9.29. The molecule has 1 aromatic heterocycles. The summed E-state index contributed by atoms with van der Waals surface area (Å²) in [5.74, 6) is 1.85. The molecule has 0 atom stereocenters. The zero-order valence-corrected chi connectivity index (χ0v) is 13.1. The highest BCUT2D eigenvalue weighted by molar-refractivity contribution is 14.1. The zero-order valence-electron chi connectivity index (χ0n) is 11.0. The fourth-order valence-electron chi connectivity index (χ4n) is 1.75. The van der Waals surface area contributed by atoms with E-state index in [4.69, 9.17) is 9.15 Å². The van der Waals surface area contributed by atoms with Gasteiger partial charge in [0.2, 0.25) is 0 Å². The molecule has 0 amide bonds. The van der Waals surface area contributed by atoms with Crippen LogP contribution in [0.5, 0.6) is 5.75 Å². The molecular weight excluding hydrogens is 353 g/mol. The van der Waals surface area contributed by atoms with Gasteiger partial charge in [-0.2, -0.15) is 0 Å². The Morgan fingerprint density at radius 2 is 2.21 bits per heavy atom. The van der Waals surface area contributed by atoms with Crippen molar-refractivity contribution in [2.75, 3.05) is 6.54 Å². The monoisotopic (exact) mass is 371 g/mol. The second-order valence-electron chi connectivity index (χ2n) is 4.29. The van der Waals surface area contributed by atoms with Gasteiger partial charge in [0, 0.05) is 9.13 Å². The van der Waals surface area contributed by atoms with E-state index in [1.165, 1.54) is 3.57 Å². The third kappa shape index (κ3) is 4.54. The van der Waals surface area contributed by atoms with E-state index < -0.39 is 0 Å². The average Bonchev–Trinajstić information content (AvgIpc) is 2.84. The molecule has 0 aliphatic rings. The summed E-state index contributed by atoms with van der Waals surface area (Å²) >= 11 is 2.28. The first-order valence-corrected chi connectivity index (χ1v) is 7.52. The summed E-state index contributed by atoms with van der Waals surface area (Å²) in [7, 11) is 0. The number of nitrogens with one attached hydrogen (secondary N) is 1. The van der Waals surface area contributed by atoms with Crippen LogP contribution in [0.1, 0.15) is 24.7 Å². The molecule has 2 aromatic rings. The number of hydrogen-bond acceptors (Lipinski definition) is 3. The van der Waals surface area contributed by atoms with Crippen LogP contribution >= 0.6 is 22.6 Å². The smallest absolute Gasteiger partial charge is 0.124 e. The highest BCUT2D eigenvalue weighted by Crippen LogP contribution is 2.18. The molecule has 0 aliphatic heterocycles. The molecule has 3 nitrogen and oxygen atoms in total. The lowest BCUT2D eigenvalue weighted by molar-refractivity contribution is 0.301. The van der Waals surface area contributed by atoms with Crippen LogP contribution in [0, 0.1) is 3.57 Å². The molecule has 0 fully saturated rings. The van der Waals surface area contributed by atoms with Gasteiger partial charge in [-0.3, -0.25) is 0 Å². The lowest BCUT2D eigenvalue weighted by atomic mass is 10.2. The number of halogens is 1. The van der Waals surface area contributed by atoms with Crippen LogP contribution < -0.4 is 10.1 Å². The van der Waals surface area contributed by atoms with Gasteiger partial charge in [-0.1, -0.05) is 13.0 Å². The summed E-state index contributed by atoms with van der Waals surface area (Å²) in [4.78, 5) is 0. The van der Waals surface area contributed by atoms with E-state index in [0.29, 0.717) is 6.61 Å². The minimum absolute atomic E-state index is 0.541. The van der Waals surface area contributed by atoms with Crippen LogP contribution in [0.15, 0.2) is 41.0 Å². The molecule has 1 N–H and O–H groups in total. The Balaban J connectivity index is 1.90. The Hall–Kier alpha value is -1.01. The van der Waals surface area contributed by atoms with E-state index in [-0.39, 0.29) is 0 Å². The van der Waals surface area contributed by atoms with E-state index in [9.17, 15) is 0 Å². The van der Waals surface area contributed by atoms with Crippen LogP contribution in [-0.4, -0.2) is 6.54 Å². The molecule has 19 heavy (non-hydrogen) atoms. The Morgan fingerprint density at radius 1 is 1.32 bits per heavy atom. The Kier molecular flexibility index (Phi) is 5.72. The molecule has 0 unspecified atom stereocenters. The van der Waals surface area contributed by atoms with Gasteiger partial charge >= 0.3 is 0 Å². The second kappa shape index (κ2) is 7.55. The molecule has 0 bridgehead atoms. The first kappa shape index (κ1) is 14.4. The van der Waals surface area contributed by atoms with Crippen LogP contribution in [0.4, 0.5) is 0 Å². The summed E-state index contributed by atoms with van der Waals surface area (Å²) < 4.78 is 12.4. The van der Waals surface area contributed by atoms with Gasteiger partial charge in [-0.25, -0.2) is 0 Å². The highest BCUT2D eigenvalue weighted by Gasteiger charge is 2.06.